The van der Waals surface area contributed by atoms with Gasteiger partial charge in [-0.15, -0.1) is 0 Å². The van der Waals surface area contributed by atoms with E-state index < -0.39 is 0 Å². The van der Waals surface area contributed by atoms with Crippen LogP contribution in [0, 0.1) is 17.8 Å². The van der Waals surface area contributed by atoms with Crippen molar-refractivity contribution in [2.45, 2.75) is 69.7 Å². The summed E-state index contributed by atoms with van der Waals surface area (Å²) in [7, 11) is 0. The third kappa shape index (κ3) is 5.86. The molecule has 0 aromatic carbocycles. The molecular formula is C38H40N4. The van der Waals surface area contributed by atoms with Crippen LogP contribution in [0.5, 0.6) is 0 Å². The molecule has 1 aromatic rings. The van der Waals surface area contributed by atoms with Crippen molar-refractivity contribution in [1.29, 1.82) is 0 Å². The van der Waals surface area contributed by atoms with Gasteiger partial charge in [0.2, 0.25) is 0 Å². The van der Waals surface area contributed by atoms with E-state index in [0.29, 0.717) is 17.8 Å². The Balaban J connectivity index is 1.16. The summed E-state index contributed by atoms with van der Waals surface area (Å²) in [5.41, 5.74) is 5.41. The molecule has 0 N–H and O–H groups in total. The molecule has 7 rings (SSSR count). The van der Waals surface area contributed by atoms with E-state index in [2.05, 4.69) is 103 Å². The number of hydrogen-bond acceptors (Lipinski definition) is 4. The molecule has 2 heterocycles. The summed E-state index contributed by atoms with van der Waals surface area (Å²) in [6.07, 6.45) is 47.7. The zero-order valence-electron chi connectivity index (χ0n) is 24.4. The summed E-state index contributed by atoms with van der Waals surface area (Å²) in [6, 6.07) is 0.244. The smallest absolute Gasteiger partial charge is 0.163 e. The van der Waals surface area contributed by atoms with Crippen LogP contribution >= 0.6 is 0 Å². The molecule has 212 valence electrons. The van der Waals surface area contributed by atoms with E-state index in [1.54, 1.807) is 5.57 Å². The van der Waals surface area contributed by atoms with Crippen LogP contribution in [0.2, 0.25) is 0 Å². The lowest BCUT2D eigenvalue weighted by Gasteiger charge is -2.34. The average molecular weight is 553 g/mol. The minimum absolute atomic E-state index is 0.182. The number of rotatable bonds is 6. The summed E-state index contributed by atoms with van der Waals surface area (Å²) in [6.45, 7) is 0. The Kier molecular flexibility index (Phi) is 8.04. The fraction of sp³-hybridized carbons (Fsp3) is 0.368. The average Bonchev–Trinajstić information content (AvgIpc) is 3.09. The SMILES string of the molecule is C1=CCC(C2=C(C3CC=CCC3)CC(C3C=CC=C(c4nc(C5=CCCC=C5)nc(C5C=CC=CC5)n4)C3)N=C2)C=C1. The Morgan fingerprint density at radius 1 is 0.667 bits per heavy atom. The molecule has 5 aliphatic carbocycles. The van der Waals surface area contributed by atoms with Crippen LogP contribution in [-0.2, 0) is 0 Å². The highest BCUT2D eigenvalue weighted by atomic mass is 15.0. The maximum absolute atomic E-state index is 5.24. The zero-order valence-corrected chi connectivity index (χ0v) is 24.4. The Bertz CT molecular complexity index is 1540. The van der Waals surface area contributed by atoms with Crippen molar-refractivity contribution in [2.24, 2.45) is 22.7 Å². The molecule has 0 saturated carbocycles. The van der Waals surface area contributed by atoms with Crippen LogP contribution in [0.3, 0.4) is 0 Å². The topological polar surface area (TPSA) is 51.0 Å². The van der Waals surface area contributed by atoms with Crippen LogP contribution < -0.4 is 0 Å². The quantitative estimate of drug-likeness (QED) is 0.331. The minimum Gasteiger partial charge on any atom is -0.289 e. The monoisotopic (exact) mass is 552 g/mol. The second-order valence-electron chi connectivity index (χ2n) is 12.2. The molecule has 5 atom stereocenters. The Morgan fingerprint density at radius 2 is 1.52 bits per heavy atom. The number of aromatic nitrogens is 3. The maximum Gasteiger partial charge on any atom is 0.163 e. The molecule has 42 heavy (non-hydrogen) atoms. The molecule has 0 fully saturated rings. The number of allylic oxidation sites excluding steroid dienone is 18. The zero-order chi connectivity index (χ0) is 28.1. The lowest BCUT2D eigenvalue weighted by atomic mass is 9.74. The van der Waals surface area contributed by atoms with Gasteiger partial charge in [0.1, 0.15) is 5.82 Å². The molecule has 4 heteroatoms. The first-order chi connectivity index (χ1) is 20.8. The fourth-order valence-electron chi connectivity index (χ4n) is 7.09. The predicted octanol–water partition coefficient (Wildman–Crippen LogP) is 8.79. The standard InChI is InChI=1S/C38H40N4/c1-5-14-27(15-6-1)33-25-35(39-26-34(33)28-16-7-2-8-17-28)31-22-13-23-32(24-31)38-41-36(29-18-9-3-10-19-29)40-37(42-38)30-20-11-4-12-21-30/h1-3,5,7-11,13,16,18,20-23,26-29,31,35H,4,6,12,14-15,17,19,24-25H2. The van der Waals surface area contributed by atoms with Gasteiger partial charge in [-0.05, 0) is 74.9 Å². The minimum atomic E-state index is 0.182. The Hall–Kier alpha value is -3.92. The Labute approximate surface area is 250 Å². The van der Waals surface area contributed by atoms with E-state index >= 15 is 0 Å². The molecule has 0 saturated heterocycles. The number of nitrogens with zero attached hydrogens (tertiary/aromatic N) is 4. The van der Waals surface area contributed by atoms with E-state index in [1.165, 1.54) is 24.0 Å². The van der Waals surface area contributed by atoms with Gasteiger partial charge in [0.05, 0.1) is 6.04 Å². The molecule has 6 aliphatic rings. The highest BCUT2D eigenvalue weighted by Crippen LogP contribution is 2.41. The third-order valence-corrected chi connectivity index (χ3v) is 9.46. The Morgan fingerprint density at radius 3 is 2.29 bits per heavy atom. The first kappa shape index (κ1) is 26.9. The molecule has 5 unspecified atom stereocenters. The first-order valence-corrected chi connectivity index (χ1v) is 15.9. The van der Waals surface area contributed by atoms with Crippen LogP contribution in [0.1, 0.15) is 81.2 Å². The highest BCUT2D eigenvalue weighted by Gasteiger charge is 2.32. The second kappa shape index (κ2) is 12.5. The van der Waals surface area contributed by atoms with Crippen LogP contribution in [0.4, 0.5) is 0 Å². The van der Waals surface area contributed by atoms with Gasteiger partial charge in [0.25, 0.3) is 0 Å². The molecule has 0 bridgehead atoms. The van der Waals surface area contributed by atoms with Crippen LogP contribution in [0.15, 0.2) is 113 Å². The molecule has 0 amide bonds. The largest absolute Gasteiger partial charge is 0.289 e. The van der Waals surface area contributed by atoms with Gasteiger partial charge >= 0.3 is 0 Å². The van der Waals surface area contributed by atoms with Gasteiger partial charge in [-0.1, -0.05) is 103 Å². The summed E-state index contributed by atoms with van der Waals surface area (Å²) >= 11 is 0. The summed E-state index contributed by atoms with van der Waals surface area (Å²) < 4.78 is 0. The summed E-state index contributed by atoms with van der Waals surface area (Å²) in [5.74, 6) is 4.07. The number of aliphatic imine (C=N–C) groups is 1. The summed E-state index contributed by atoms with van der Waals surface area (Å²) in [4.78, 5) is 20.4. The molecule has 0 spiro atoms. The molecule has 1 aliphatic heterocycles. The highest BCUT2D eigenvalue weighted by molar-refractivity contribution is 5.83. The van der Waals surface area contributed by atoms with Gasteiger partial charge in [-0.25, -0.2) is 15.0 Å². The number of dihydropyridines is 1. The predicted molar refractivity (Wildman–Crippen MR) is 174 cm³/mol. The van der Waals surface area contributed by atoms with E-state index in [9.17, 15) is 0 Å². The molecule has 0 radical (unpaired) electrons. The van der Waals surface area contributed by atoms with Crippen LogP contribution in [0.25, 0.3) is 11.1 Å². The first-order valence-electron chi connectivity index (χ1n) is 15.9. The van der Waals surface area contributed by atoms with E-state index in [0.717, 1.165) is 68.0 Å². The van der Waals surface area contributed by atoms with Gasteiger partial charge in [0, 0.05) is 29.5 Å². The van der Waals surface area contributed by atoms with Crippen molar-refractivity contribution in [3.05, 3.63) is 126 Å². The summed E-state index contributed by atoms with van der Waals surface area (Å²) in [5, 5.41) is 0. The van der Waals surface area contributed by atoms with Gasteiger partial charge in [-0.3, -0.25) is 4.99 Å². The van der Waals surface area contributed by atoms with Gasteiger partial charge in [-0.2, -0.15) is 0 Å². The van der Waals surface area contributed by atoms with Crippen molar-refractivity contribution < 1.29 is 0 Å². The van der Waals surface area contributed by atoms with E-state index in [-0.39, 0.29) is 12.0 Å². The second-order valence-corrected chi connectivity index (χ2v) is 12.2. The van der Waals surface area contributed by atoms with Crippen molar-refractivity contribution >= 4 is 17.4 Å². The third-order valence-electron chi connectivity index (χ3n) is 9.46. The lowest BCUT2D eigenvalue weighted by Crippen LogP contribution is -2.27. The van der Waals surface area contributed by atoms with E-state index in [1.807, 2.05) is 0 Å². The normalized spacial score (nSPS) is 30.1. The maximum atomic E-state index is 5.24. The van der Waals surface area contributed by atoms with Gasteiger partial charge in [0.15, 0.2) is 11.6 Å². The van der Waals surface area contributed by atoms with Crippen molar-refractivity contribution in [3.8, 4) is 0 Å². The fourth-order valence-corrected chi connectivity index (χ4v) is 7.09. The lowest BCUT2D eigenvalue weighted by molar-refractivity contribution is 0.448. The van der Waals surface area contributed by atoms with Gasteiger partial charge < -0.3 is 0 Å². The van der Waals surface area contributed by atoms with Crippen molar-refractivity contribution in [3.63, 3.8) is 0 Å². The molecule has 4 nitrogen and oxygen atoms in total. The number of hydrogen-bond donors (Lipinski definition) is 0. The van der Waals surface area contributed by atoms with Crippen molar-refractivity contribution in [2.75, 3.05) is 0 Å². The van der Waals surface area contributed by atoms with Crippen LogP contribution in [-0.4, -0.2) is 27.2 Å². The molecule has 1 aromatic heterocycles. The molecular weight excluding hydrogens is 512 g/mol. The van der Waals surface area contributed by atoms with E-state index in [4.69, 9.17) is 19.9 Å². The van der Waals surface area contributed by atoms with Crippen molar-refractivity contribution in [1.82, 2.24) is 15.0 Å².